The van der Waals surface area contributed by atoms with Crippen LogP contribution in [-0.2, 0) is 0 Å². The number of nitrogens with one attached hydrogen (secondary N) is 3. The molecule has 1 heterocycles. The second-order valence-electron chi connectivity index (χ2n) is 3.29. The molecule has 6 nitrogen and oxygen atoms in total. The normalized spacial score (nSPS) is 10.1. The van der Waals surface area contributed by atoms with Crippen molar-refractivity contribution in [3.63, 3.8) is 0 Å². The molecule has 16 heavy (non-hydrogen) atoms. The van der Waals surface area contributed by atoms with Crippen LogP contribution in [0.2, 0.25) is 0 Å². The third-order valence-electron chi connectivity index (χ3n) is 2.04. The van der Waals surface area contributed by atoms with E-state index in [1.165, 1.54) is 13.4 Å². The summed E-state index contributed by atoms with van der Waals surface area (Å²) in [5, 5.41) is 6.29. The van der Waals surface area contributed by atoms with Gasteiger partial charge in [0.15, 0.2) is 5.82 Å². The van der Waals surface area contributed by atoms with Gasteiger partial charge >= 0.3 is 0 Å². The standard InChI is InChI=1S/C10H18N4O2/c1-3-4-11-5-6-12-9-8(16-2)10(15)14-7-13-9/h7,11H,3-6H2,1-2H3,(H2,12,13,14,15). The highest BCUT2D eigenvalue weighted by molar-refractivity contribution is 5.47. The molecule has 0 unspecified atom stereocenters. The average Bonchev–Trinajstić information content (AvgIpc) is 2.29. The number of H-pyrrole nitrogens is 1. The van der Waals surface area contributed by atoms with Gasteiger partial charge in [-0.25, -0.2) is 4.98 Å². The van der Waals surface area contributed by atoms with Gasteiger partial charge in [0.25, 0.3) is 5.56 Å². The highest BCUT2D eigenvalue weighted by atomic mass is 16.5. The van der Waals surface area contributed by atoms with Gasteiger partial charge in [0.05, 0.1) is 13.4 Å². The van der Waals surface area contributed by atoms with E-state index in [0.29, 0.717) is 12.4 Å². The van der Waals surface area contributed by atoms with E-state index in [2.05, 4.69) is 27.5 Å². The number of rotatable bonds is 7. The van der Waals surface area contributed by atoms with Crippen LogP contribution < -0.4 is 20.9 Å². The molecule has 90 valence electrons. The second kappa shape index (κ2) is 6.84. The molecule has 6 heteroatoms. The lowest BCUT2D eigenvalue weighted by Gasteiger charge is -2.08. The Bertz CT molecular complexity index is 364. The van der Waals surface area contributed by atoms with Crippen molar-refractivity contribution in [3.05, 3.63) is 16.7 Å². The van der Waals surface area contributed by atoms with Gasteiger partial charge < -0.3 is 20.4 Å². The maximum absolute atomic E-state index is 11.3. The first-order valence-electron chi connectivity index (χ1n) is 5.35. The molecule has 0 saturated heterocycles. The number of aromatic amines is 1. The number of ether oxygens (including phenoxy) is 1. The highest BCUT2D eigenvalue weighted by Gasteiger charge is 2.07. The predicted molar refractivity (Wildman–Crippen MR) is 63.1 cm³/mol. The first kappa shape index (κ1) is 12.5. The van der Waals surface area contributed by atoms with Crippen molar-refractivity contribution in [2.24, 2.45) is 0 Å². The largest absolute Gasteiger partial charge is 0.489 e. The number of methoxy groups -OCH3 is 1. The number of aromatic nitrogens is 2. The van der Waals surface area contributed by atoms with Gasteiger partial charge in [-0.15, -0.1) is 0 Å². The Balaban J connectivity index is 2.47. The molecule has 0 radical (unpaired) electrons. The van der Waals surface area contributed by atoms with Crippen molar-refractivity contribution >= 4 is 5.82 Å². The fraction of sp³-hybridized carbons (Fsp3) is 0.600. The van der Waals surface area contributed by atoms with Crippen molar-refractivity contribution in [2.75, 3.05) is 32.1 Å². The molecule has 0 amide bonds. The van der Waals surface area contributed by atoms with Crippen LogP contribution in [0.5, 0.6) is 5.75 Å². The summed E-state index contributed by atoms with van der Waals surface area (Å²) in [5.74, 6) is 0.697. The third-order valence-corrected chi connectivity index (χ3v) is 2.04. The quantitative estimate of drug-likeness (QED) is 0.578. The molecule has 0 aromatic carbocycles. The second-order valence-corrected chi connectivity index (χ2v) is 3.29. The summed E-state index contributed by atoms with van der Waals surface area (Å²) >= 11 is 0. The first-order valence-corrected chi connectivity index (χ1v) is 5.35. The molecule has 0 fully saturated rings. The van der Waals surface area contributed by atoms with E-state index in [0.717, 1.165) is 19.5 Å². The third kappa shape index (κ3) is 3.54. The topological polar surface area (TPSA) is 79.0 Å². The van der Waals surface area contributed by atoms with Gasteiger partial charge in [-0.1, -0.05) is 6.92 Å². The summed E-state index contributed by atoms with van der Waals surface area (Å²) in [6, 6.07) is 0. The molecular formula is C10H18N4O2. The lowest BCUT2D eigenvalue weighted by molar-refractivity contribution is 0.408. The van der Waals surface area contributed by atoms with Crippen LogP contribution in [0.4, 0.5) is 5.82 Å². The highest BCUT2D eigenvalue weighted by Crippen LogP contribution is 2.13. The van der Waals surface area contributed by atoms with E-state index >= 15 is 0 Å². The van der Waals surface area contributed by atoms with Crippen LogP contribution in [0.15, 0.2) is 11.1 Å². The molecule has 0 bridgehead atoms. The SMILES string of the molecule is CCCNCCNc1nc[nH]c(=O)c1OC. The first-order chi connectivity index (χ1) is 7.79. The Morgan fingerprint density at radius 2 is 2.25 bits per heavy atom. The van der Waals surface area contributed by atoms with E-state index in [4.69, 9.17) is 4.74 Å². The van der Waals surface area contributed by atoms with E-state index < -0.39 is 0 Å². The molecule has 1 rings (SSSR count). The van der Waals surface area contributed by atoms with Crippen LogP contribution in [-0.4, -0.2) is 36.7 Å². The molecule has 3 N–H and O–H groups in total. The number of hydrogen-bond acceptors (Lipinski definition) is 5. The van der Waals surface area contributed by atoms with Crippen LogP contribution in [0, 0.1) is 0 Å². The van der Waals surface area contributed by atoms with Crippen LogP contribution >= 0.6 is 0 Å². The van der Waals surface area contributed by atoms with Gasteiger partial charge in [0.1, 0.15) is 0 Å². The minimum absolute atomic E-state index is 0.220. The van der Waals surface area contributed by atoms with Gasteiger partial charge in [-0.3, -0.25) is 4.79 Å². The molecule has 0 atom stereocenters. The minimum Gasteiger partial charge on any atom is -0.489 e. The monoisotopic (exact) mass is 226 g/mol. The van der Waals surface area contributed by atoms with E-state index in [1.807, 2.05) is 0 Å². The van der Waals surface area contributed by atoms with Gasteiger partial charge in [-0.2, -0.15) is 0 Å². The minimum atomic E-state index is -0.276. The molecule has 0 aliphatic carbocycles. The summed E-state index contributed by atoms with van der Waals surface area (Å²) in [4.78, 5) is 17.8. The molecular weight excluding hydrogens is 208 g/mol. The molecule has 0 spiro atoms. The Kier molecular flexibility index (Phi) is 5.35. The lowest BCUT2D eigenvalue weighted by atomic mass is 10.4. The summed E-state index contributed by atoms with van der Waals surface area (Å²) < 4.78 is 4.97. The van der Waals surface area contributed by atoms with Gasteiger partial charge in [0.2, 0.25) is 5.75 Å². The van der Waals surface area contributed by atoms with Crippen molar-refractivity contribution in [1.29, 1.82) is 0 Å². The Morgan fingerprint density at radius 1 is 1.44 bits per heavy atom. The smallest absolute Gasteiger partial charge is 0.295 e. The van der Waals surface area contributed by atoms with Crippen molar-refractivity contribution in [1.82, 2.24) is 15.3 Å². The summed E-state index contributed by atoms with van der Waals surface area (Å²) in [6.07, 6.45) is 2.46. The van der Waals surface area contributed by atoms with Crippen LogP contribution in [0.3, 0.4) is 0 Å². The molecule has 0 aliphatic rings. The van der Waals surface area contributed by atoms with Crippen molar-refractivity contribution in [2.45, 2.75) is 13.3 Å². The van der Waals surface area contributed by atoms with Crippen molar-refractivity contribution in [3.8, 4) is 5.75 Å². The molecule has 1 aromatic rings. The predicted octanol–water partition coefficient (Wildman–Crippen LogP) is 0.190. The number of anilines is 1. The molecule has 1 aromatic heterocycles. The zero-order chi connectivity index (χ0) is 11.8. The van der Waals surface area contributed by atoms with E-state index in [1.54, 1.807) is 0 Å². The Morgan fingerprint density at radius 3 is 2.94 bits per heavy atom. The number of nitrogens with zero attached hydrogens (tertiary/aromatic N) is 1. The van der Waals surface area contributed by atoms with Crippen molar-refractivity contribution < 1.29 is 4.74 Å². The van der Waals surface area contributed by atoms with E-state index in [-0.39, 0.29) is 11.3 Å². The Hall–Kier alpha value is -1.56. The number of hydrogen-bond donors (Lipinski definition) is 3. The fourth-order valence-electron chi connectivity index (χ4n) is 1.27. The van der Waals surface area contributed by atoms with Gasteiger partial charge in [-0.05, 0) is 13.0 Å². The summed E-state index contributed by atoms with van der Waals surface area (Å²) in [5.41, 5.74) is -0.276. The van der Waals surface area contributed by atoms with Crippen LogP contribution in [0.25, 0.3) is 0 Å². The summed E-state index contributed by atoms with van der Waals surface area (Å²) in [6.45, 7) is 4.63. The molecule has 0 aliphatic heterocycles. The maximum Gasteiger partial charge on any atom is 0.295 e. The maximum atomic E-state index is 11.3. The average molecular weight is 226 g/mol. The zero-order valence-corrected chi connectivity index (χ0v) is 9.67. The fourth-order valence-corrected chi connectivity index (χ4v) is 1.27. The lowest BCUT2D eigenvalue weighted by Crippen LogP contribution is -2.24. The molecule has 0 saturated carbocycles. The van der Waals surface area contributed by atoms with Gasteiger partial charge in [0, 0.05) is 13.1 Å². The Labute approximate surface area is 94.4 Å². The summed E-state index contributed by atoms with van der Waals surface area (Å²) in [7, 11) is 1.45. The van der Waals surface area contributed by atoms with E-state index in [9.17, 15) is 4.79 Å². The zero-order valence-electron chi connectivity index (χ0n) is 9.67. The van der Waals surface area contributed by atoms with Crippen LogP contribution in [0.1, 0.15) is 13.3 Å².